The van der Waals surface area contributed by atoms with Crippen LogP contribution < -0.4 is 5.32 Å². The number of thioether (sulfide) groups is 1. The fourth-order valence-corrected chi connectivity index (χ4v) is 2.72. The monoisotopic (exact) mass is 202 g/mol. The van der Waals surface area contributed by atoms with E-state index in [1.54, 1.807) is 23.7 Å². The third-order valence-electron chi connectivity index (χ3n) is 2.14. The van der Waals surface area contributed by atoms with E-state index in [4.69, 9.17) is 0 Å². The first-order valence-corrected chi connectivity index (χ1v) is 5.25. The van der Waals surface area contributed by atoms with Gasteiger partial charge in [-0.05, 0) is 6.92 Å². The van der Waals surface area contributed by atoms with E-state index in [1.807, 2.05) is 6.92 Å². The van der Waals surface area contributed by atoms with Crippen molar-refractivity contribution >= 4 is 23.6 Å². The summed E-state index contributed by atoms with van der Waals surface area (Å²) in [6.07, 6.45) is 0. The van der Waals surface area contributed by atoms with Gasteiger partial charge < -0.3 is 10.2 Å². The van der Waals surface area contributed by atoms with E-state index in [2.05, 4.69) is 5.32 Å². The third kappa shape index (κ3) is 1.96. The summed E-state index contributed by atoms with van der Waals surface area (Å²) in [6.45, 7) is 3.44. The van der Waals surface area contributed by atoms with Crippen molar-refractivity contribution in [3.8, 4) is 0 Å². The predicted octanol–water partition coefficient (Wildman–Crippen LogP) is 0.0423. The first kappa shape index (κ1) is 10.4. The van der Waals surface area contributed by atoms with Crippen LogP contribution in [0.5, 0.6) is 0 Å². The largest absolute Gasteiger partial charge is 0.357 e. The third-order valence-corrected chi connectivity index (χ3v) is 3.35. The molecule has 0 saturated carbocycles. The Bertz CT molecular complexity index is 232. The fourth-order valence-electron chi connectivity index (χ4n) is 1.49. The summed E-state index contributed by atoms with van der Waals surface area (Å²) in [5, 5.41) is 2.68. The normalized spacial score (nSPS) is 27.5. The van der Waals surface area contributed by atoms with Crippen molar-refractivity contribution < 1.29 is 9.59 Å². The highest BCUT2D eigenvalue weighted by atomic mass is 32.2. The Morgan fingerprint density at radius 2 is 2.15 bits per heavy atom. The zero-order chi connectivity index (χ0) is 10.0. The van der Waals surface area contributed by atoms with Crippen molar-refractivity contribution in [2.24, 2.45) is 0 Å². The summed E-state index contributed by atoms with van der Waals surface area (Å²) in [5.41, 5.74) is 0. The summed E-state index contributed by atoms with van der Waals surface area (Å²) in [4.78, 5) is 24.2. The molecule has 0 aromatic rings. The van der Waals surface area contributed by atoms with Gasteiger partial charge in [-0.3, -0.25) is 9.59 Å². The summed E-state index contributed by atoms with van der Waals surface area (Å²) < 4.78 is 0. The Hall–Kier alpha value is -0.710. The molecular formula is C8H14N2O2S. The molecule has 0 aliphatic carbocycles. The van der Waals surface area contributed by atoms with Crippen molar-refractivity contribution in [1.29, 1.82) is 0 Å². The molecule has 1 heterocycles. The lowest BCUT2D eigenvalue weighted by Crippen LogP contribution is -2.47. The van der Waals surface area contributed by atoms with Gasteiger partial charge in [-0.2, -0.15) is 0 Å². The maximum absolute atomic E-state index is 11.4. The first-order valence-electron chi connectivity index (χ1n) is 4.20. The topological polar surface area (TPSA) is 49.4 Å². The van der Waals surface area contributed by atoms with Crippen molar-refractivity contribution in [2.75, 3.05) is 12.8 Å². The van der Waals surface area contributed by atoms with Crippen LogP contribution in [0.4, 0.5) is 0 Å². The van der Waals surface area contributed by atoms with Gasteiger partial charge in [-0.25, -0.2) is 0 Å². The molecular weight excluding hydrogens is 188 g/mol. The van der Waals surface area contributed by atoms with Crippen LogP contribution >= 0.6 is 11.8 Å². The van der Waals surface area contributed by atoms with E-state index in [0.717, 1.165) is 0 Å². The molecule has 0 aromatic carbocycles. The number of rotatable bonds is 1. The van der Waals surface area contributed by atoms with E-state index in [-0.39, 0.29) is 23.2 Å². The lowest BCUT2D eigenvalue weighted by molar-refractivity contribution is -0.137. The van der Waals surface area contributed by atoms with Gasteiger partial charge >= 0.3 is 0 Å². The molecule has 0 spiro atoms. The zero-order valence-corrected chi connectivity index (χ0v) is 8.85. The summed E-state index contributed by atoms with van der Waals surface area (Å²) in [6, 6.07) is -0.289. The van der Waals surface area contributed by atoms with Crippen molar-refractivity contribution in [3.63, 3.8) is 0 Å². The summed E-state index contributed by atoms with van der Waals surface area (Å²) >= 11 is 1.63. The predicted molar refractivity (Wildman–Crippen MR) is 52.3 cm³/mol. The number of nitrogens with zero attached hydrogens (tertiary/aromatic N) is 1. The average molecular weight is 202 g/mol. The molecule has 1 aliphatic heterocycles. The van der Waals surface area contributed by atoms with Crippen molar-refractivity contribution in [3.05, 3.63) is 0 Å². The molecule has 0 unspecified atom stereocenters. The number of nitrogens with one attached hydrogen (secondary N) is 1. The molecule has 0 bridgehead atoms. The van der Waals surface area contributed by atoms with Gasteiger partial charge in [-0.15, -0.1) is 11.8 Å². The van der Waals surface area contributed by atoms with Crippen molar-refractivity contribution in [1.82, 2.24) is 10.2 Å². The van der Waals surface area contributed by atoms with E-state index in [0.29, 0.717) is 5.75 Å². The molecule has 2 amide bonds. The number of likely N-dealkylation sites (N-methyl/N-ethyl adjacent to an activating group) is 1. The highest BCUT2D eigenvalue weighted by Crippen LogP contribution is 2.28. The highest BCUT2D eigenvalue weighted by Gasteiger charge is 2.37. The Labute approximate surface area is 82.0 Å². The number of amides is 2. The van der Waals surface area contributed by atoms with Crippen LogP contribution in [0.2, 0.25) is 0 Å². The summed E-state index contributed by atoms with van der Waals surface area (Å²) in [5.74, 6) is 0.582. The molecule has 1 saturated heterocycles. The number of carbonyl (C=O) groups is 2. The lowest BCUT2D eigenvalue weighted by atomic mass is 10.2. The quantitative estimate of drug-likeness (QED) is 0.653. The maximum Gasteiger partial charge on any atom is 0.243 e. The standard InChI is InChI=1S/C8H14N2O2S/c1-5(11)10-6(2)13-4-7(10)8(12)9-3/h6-7H,4H2,1-3H3,(H,9,12)/t6-,7-/m0/s1. The van der Waals surface area contributed by atoms with Gasteiger partial charge in [0.15, 0.2) is 0 Å². The van der Waals surface area contributed by atoms with Gasteiger partial charge in [0.1, 0.15) is 6.04 Å². The van der Waals surface area contributed by atoms with Crippen molar-refractivity contribution in [2.45, 2.75) is 25.3 Å². The van der Waals surface area contributed by atoms with Gasteiger partial charge in [0.2, 0.25) is 11.8 Å². The molecule has 0 aromatic heterocycles. The molecule has 1 N–H and O–H groups in total. The molecule has 5 heteroatoms. The van der Waals surface area contributed by atoms with Crippen LogP contribution in [0.3, 0.4) is 0 Å². The van der Waals surface area contributed by atoms with Gasteiger partial charge in [0, 0.05) is 19.7 Å². The van der Waals surface area contributed by atoms with Crippen LogP contribution in [0.25, 0.3) is 0 Å². The molecule has 1 rings (SSSR count). The maximum atomic E-state index is 11.4. The second-order valence-electron chi connectivity index (χ2n) is 2.99. The highest BCUT2D eigenvalue weighted by molar-refractivity contribution is 8.00. The second kappa shape index (κ2) is 4.00. The minimum atomic E-state index is -0.289. The van der Waals surface area contributed by atoms with Gasteiger partial charge in [0.25, 0.3) is 0 Å². The van der Waals surface area contributed by atoms with E-state index in [1.165, 1.54) is 6.92 Å². The van der Waals surface area contributed by atoms with Crippen LogP contribution in [-0.2, 0) is 9.59 Å². The molecule has 1 aliphatic rings. The number of carbonyl (C=O) groups excluding carboxylic acids is 2. The molecule has 2 atom stereocenters. The number of hydrogen-bond acceptors (Lipinski definition) is 3. The van der Waals surface area contributed by atoms with E-state index < -0.39 is 0 Å². The smallest absolute Gasteiger partial charge is 0.243 e. The average Bonchev–Trinajstić information content (AvgIpc) is 2.45. The SMILES string of the molecule is CNC(=O)[C@@H]1CS[C@@H](C)N1C(C)=O. The van der Waals surface area contributed by atoms with Crippen LogP contribution in [0.1, 0.15) is 13.8 Å². The van der Waals surface area contributed by atoms with Crippen LogP contribution in [-0.4, -0.2) is 40.9 Å². The molecule has 0 radical (unpaired) electrons. The Kier molecular flexibility index (Phi) is 3.19. The van der Waals surface area contributed by atoms with Gasteiger partial charge in [0.05, 0.1) is 5.37 Å². The molecule has 74 valence electrons. The fraction of sp³-hybridized carbons (Fsp3) is 0.750. The minimum absolute atomic E-state index is 0.0360. The van der Waals surface area contributed by atoms with Gasteiger partial charge in [-0.1, -0.05) is 0 Å². The molecule has 4 nitrogen and oxygen atoms in total. The number of hydrogen-bond donors (Lipinski definition) is 1. The zero-order valence-electron chi connectivity index (χ0n) is 8.03. The second-order valence-corrected chi connectivity index (χ2v) is 4.34. The Balaban J connectivity index is 2.75. The van der Waals surface area contributed by atoms with E-state index >= 15 is 0 Å². The molecule has 13 heavy (non-hydrogen) atoms. The Morgan fingerprint density at radius 1 is 1.54 bits per heavy atom. The van der Waals surface area contributed by atoms with Crippen LogP contribution in [0.15, 0.2) is 0 Å². The summed E-state index contributed by atoms with van der Waals surface area (Å²) in [7, 11) is 1.59. The lowest BCUT2D eigenvalue weighted by Gasteiger charge is -2.24. The van der Waals surface area contributed by atoms with E-state index in [9.17, 15) is 9.59 Å². The minimum Gasteiger partial charge on any atom is -0.357 e. The Morgan fingerprint density at radius 3 is 2.62 bits per heavy atom. The first-order chi connectivity index (χ1) is 6.07. The molecule has 1 fully saturated rings. The van der Waals surface area contributed by atoms with Crippen LogP contribution in [0, 0.1) is 0 Å².